The lowest BCUT2D eigenvalue weighted by molar-refractivity contribution is -0.119. The molecule has 1 saturated heterocycles. The van der Waals surface area contributed by atoms with E-state index in [0.717, 1.165) is 13.0 Å². The summed E-state index contributed by atoms with van der Waals surface area (Å²) in [5, 5.41) is 3.00. The van der Waals surface area contributed by atoms with Crippen molar-refractivity contribution < 1.29 is 4.79 Å². The number of nitrogens with one attached hydrogen (secondary N) is 1. The molecule has 1 rings (SSSR count). The zero-order valence-corrected chi connectivity index (χ0v) is 11.4. The molecule has 1 N–H and O–H groups in total. The highest BCUT2D eigenvalue weighted by Crippen LogP contribution is 2.09. The average Bonchev–Trinajstić information content (AvgIpc) is 2.31. The molecular formula is C13H28N2O. The highest BCUT2D eigenvalue weighted by molar-refractivity contribution is 5.73. The number of hydrogen-bond acceptors (Lipinski definition) is 2. The maximum absolute atomic E-state index is 10.9. The van der Waals surface area contributed by atoms with E-state index in [-0.39, 0.29) is 5.91 Å². The van der Waals surface area contributed by atoms with E-state index in [2.05, 4.69) is 17.1 Å². The maximum atomic E-state index is 10.9. The minimum Gasteiger partial charge on any atom is -0.352 e. The normalized spacial score (nSPS) is 18.2. The Bertz CT molecular complexity index is 177. The van der Waals surface area contributed by atoms with Gasteiger partial charge in [0.15, 0.2) is 0 Å². The zero-order chi connectivity index (χ0) is 12.4. The van der Waals surface area contributed by atoms with Crippen LogP contribution in [0.15, 0.2) is 0 Å². The molecule has 1 fully saturated rings. The molecule has 96 valence electrons. The van der Waals surface area contributed by atoms with Crippen LogP contribution in [-0.2, 0) is 4.79 Å². The molecule has 0 aromatic carbocycles. The van der Waals surface area contributed by atoms with Gasteiger partial charge in [-0.3, -0.25) is 4.79 Å². The third-order valence-electron chi connectivity index (χ3n) is 2.83. The molecule has 0 spiro atoms. The van der Waals surface area contributed by atoms with Crippen molar-refractivity contribution in [2.45, 2.75) is 59.4 Å². The molecule has 16 heavy (non-hydrogen) atoms. The van der Waals surface area contributed by atoms with Gasteiger partial charge in [-0.05, 0) is 32.4 Å². The molecule has 0 bridgehead atoms. The molecular weight excluding hydrogens is 200 g/mol. The Balaban J connectivity index is 0.00000106. The van der Waals surface area contributed by atoms with Gasteiger partial charge in [0.05, 0.1) is 0 Å². The standard InChI is InChI=1S/C11H22N2O.C2H6/c1-3-11(12-10(2)14)9-13-7-5-4-6-8-13;1-2/h11H,3-9H2,1-2H3,(H,12,14);1-2H3. The molecule has 0 saturated carbocycles. The van der Waals surface area contributed by atoms with Crippen LogP contribution in [0.2, 0.25) is 0 Å². The van der Waals surface area contributed by atoms with Gasteiger partial charge in [0.25, 0.3) is 0 Å². The molecule has 3 heteroatoms. The number of likely N-dealkylation sites (tertiary alicyclic amines) is 1. The molecule has 1 unspecified atom stereocenters. The fraction of sp³-hybridized carbons (Fsp3) is 0.923. The number of rotatable bonds is 4. The minimum atomic E-state index is 0.0915. The van der Waals surface area contributed by atoms with E-state index in [4.69, 9.17) is 0 Å². The number of hydrogen-bond donors (Lipinski definition) is 1. The third-order valence-corrected chi connectivity index (χ3v) is 2.83. The van der Waals surface area contributed by atoms with Gasteiger partial charge in [-0.2, -0.15) is 0 Å². The summed E-state index contributed by atoms with van der Waals surface area (Å²) in [6.45, 7) is 11.2. The van der Waals surface area contributed by atoms with Gasteiger partial charge < -0.3 is 10.2 Å². The molecule has 0 radical (unpaired) electrons. The van der Waals surface area contributed by atoms with Crippen LogP contribution >= 0.6 is 0 Å². The SMILES string of the molecule is CC.CCC(CN1CCCCC1)NC(C)=O. The van der Waals surface area contributed by atoms with Gasteiger partial charge in [-0.25, -0.2) is 0 Å². The van der Waals surface area contributed by atoms with Crippen LogP contribution in [0.4, 0.5) is 0 Å². The van der Waals surface area contributed by atoms with Gasteiger partial charge in [0.2, 0.25) is 5.91 Å². The van der Waals surface area contributed by atoms with Crippen LogP contribution in [0.3, 0.4) is 0 Å². The summed E-state index contributed by atoms with van der Waals surface area (Å²) in [5.74, 6) is 0.0915. The number of carbonyl (C=O) groups is 1. The van der Waals surface area contributed by atoms with Crippen molar-refractivity contribution in [2.75, 3.05) is 19.6 Å². The molecule has 3 nitrogen and oxygen atoms in total. The zero-order valence-electron chi connectivity index (χ0n) is 11.4. The maximum Gasteiger partial charge on any atom is 0.217 e. The fourth-order valence-corrected chi connectivity index (χ4v) is 2.02. The minimum absolute atomic E-state index is 0.0915. The Morgan fingerprint density at radius 3 is 2.25 bits per heavy atom. The van der Waals surface area contributed by atoms with E-state index in [1.807, 2.05) is 13.8 Å². The molecule has 0 aliphatic carbocycles. The predicted octanol–water partition coefficient (Wildman–Crippen LogP) is 2.41. The van der Waals surface area contributed by atoms with Gasteiger partial charge in [-0.15, -0.1) is 0 Å². The summed E-state index contributed by atoms with van der Waals surface area (Å²) in [6.07, 6.45) is 5.02. The van der Waals surface area contributed by atoms with Gasteiger partial charge >= 0.3 is 0 Å². The Labute approximate surface area is 101 Å². The van der Waals surface area contributed by atoms with Crippen LogP contribution in [0.1, 0.15) is 53.4 Å². The van der Waals surface area contributed by atoms with Crippen LogP contribution in [0.25, 0.3) is 0 Å². The lowest BCUT2D eigenvalue weighted by Gasteiger charge is -2.30. The first-order valence-electron chi connectivity index (χ1n) is 6.72. The lowest BCUT2D eigenvalue weighted by atomic mass is 10.1. The van der Waals surface area contributed by atoms with Crippen molar-refractivity contribution in [3.8, 4) is 0 Å². The number of piperidine rings is 1. The topological polar surface area (TPSA) is 32.3 Å². The van der Waals surface area contributed by atoms with E-state index < -0.39 is 0 Å². The molecule has 1 amide bonds. The van der Waals surface area contributed by atoms with E-state index in [9.17, 15) is 4.79 Å². The van der Waals surface area contributed by atoms with Gasteiger partial charge in [0.1, 0.15) is 0 Å². The van der Waals surface area contributed by atoms with Crippen LogP contribution < -0.4 is 5.32 Å². The Morgan fingerprint density at radius 1 is 1.25 bits per heavy atom. The van der Waals surface area contributed by atoms with Crippen molar-refractivity contribution in [1.82, 2.24) is 10.2 Å². The molecule has 1 atom stereocenters. The first-order chi connectivity index (χ1) is 7.72. The monoisotopic (exact) mass is 228 g/mol. The first-order valence-corrected chi connectivity index (χ1v) is 6.72. The lowest BCUT2D eigenvalue weighted by Crippen LogP contribution is -2.44. The number of carbonyl (C=O) groups excluding carboxylic acids is 1. The van der Waals surface area contributed by atoms with Crippen LogP contribution in [0.5, 0.6) is 0 Å². The van der Waals surface area contributed by atoms with Crippen molar-refractivity contribution in [3.05, 3.63) is 0 Å². The largest absolute Gasteiger partial charge is 0.352 e. The van der Waals surface area contributed by atoms with Gasteiger partial charge in [-0.1, -0.05) is 27.2 Å². The van der Waals surface area contributed by atoms with E-state index in [1.54, 1.807) is 6.92 Å². The Kier molecular flexibility index (Phi) is 9.30. The number of amides is 1. The molecule has 1 aliphatic rings. The van der Waals surface area contributed by atoms with Crippen molar-refractivity contribution in [1.29, 1.82) is 0 Å². The first kappa shape index (κ1) is 15.4. The second kappa shape index (κ2) is 9.64. The van der Waals surface area contributed by atoms with E-state index >= 15 is 0 Å². The summed E-state index contributed by atoms with van der Waals surface area (Å²) in [7, 11) is 0. The van der Waals surface area contributed by atoms with E-state index in [1.165, 1.54) is 32.4 Å². The highest BCUT2D eigenvalue weighted by Gasteiger charge is 2.15. The average molecular weight is 228 g/mol. The molecule has 0 aromatic rings. The number of nitrogens with zero attached hydrogens (tertiary/aromatic N) is 1. The summed E-state index contributed by atoms with van der Waals surface area (Å²) >= 11 is 0. The van der Waals surface area contributed by atoms with Crippen LogP contribution in [-0.4, -0.2) is 36.5 Å². The van der Waals surface area contributed by atoms with Crippen molar-refractivity contribution in [3.63, 3.8) is 0 Å². The van der Waals surface area contributed by atoms with Crippen LogP contribution in [0, 0.1) is 0 Å². The second-order valence-electron chi connectivity index (χ2n) is 4.17. The van der Waals surface area contributed by atoms with Gasteiger partial charge in [0, 0.05) is 19.5 Å². The smallest absolute Gasteiger partial charge is 0.217 e. The fourth-order valence-electron chi connectivity index (χ4n) is 2.02. The van der Waals surface area contributed by atoms with E-state index in [0.29, 0.717) is 6.04 Å². The Hall–Kier alpha value is -0.570. The summed E-state index contributed by atoms with van der Waals surface area (Å²) < 4.78 is 0. The third kappa shape index (κ3) is 6.83. The molecule has 1 heterocycles. The highest BCUT2D eigenvalue weighted by atomic mass is 16.1. The summed E-state index contributed by atoms with van der Waals surface area (Å²) in [5.41, 5.74) is 0. The quantitative estimate of drug-likeness (QED) is 0.801. The summed E-state index contributed by atoms with van der Waals surface area (Å²) in [4.78, 5) is 13.4. The van der Waals surface area contributed by atoms with Crippen molar-refractivity contribution >= 4 is 5.91 Å². The predicted molar refractivity (Wildman–Crippen MR) is 69.5 cm³/mol. The molecule has 0 aromatic heterocycles. The van der Waals surface area contributed by atoms with Crippen molar-refractivity contribution in [2.24, 2.45) is 0 Å². The second-order valence-corrected chi connectivity index (χ2v) is 4.17. The Morgan fingerprint density at radius 2 is 1.81 bits per heavy atom. The summed E-state index contributed by atoms with van der Waals surface area (Å²) in [6, 6.07) is 0.339. The molecule has 1 aliphatic heterocycles.